The van der Waals surface area contributed by atoms with Crippen molar-refractivity contribution in [3.05, 3.63) is 76.1 Å². The average molecular weight is 494 g/mol. The molecule has 1 aliphatic heterocycles. The number of anilines is 1. The van der Waals surface area contributed by atoms with Gasteiger partial charge in [-0.2, -0.15) is 0 Å². The third-order valence-corrected chi connectivity index (χ3v) is 5.82. The SMILES string of the molecule is CC(C)CC(C)CC(C)NC(=O)c1ccc(N2C=CCN(C(=O)c3ccccc3[N+](=O)[O-])C2=O)nc1. The number of carbonyl (C=O) groups is 3. The van der Waals surface area contributed by atoms with Gasteiger partial charge in [0.15, 0.2) is 0 Å². The van der Waals surface area contributed by atoms with E-state index < -0.39 is 16.9 Å². The Labute approximate surface area is 210 Å². The van der Waals surface area contributed by atoms with Gasteiger partial charge >= 0.3 is 6.03 Å². The quantitative estimate of drug-likeness (QED) is 0.396. The van der Waals surface area contributed by atoms with Gasteiger partial charge in [0.2, 0.25) is 0 Å². The lowest BCUT2D eigenvalue weighted by Crippen LogP contribution is -2.47. The molecule has 2 unspecified atom stereocenters. The zero-order chi connectivity index (χ0) is 26.4. The molecule has 10 nitrogen and oxygen atoms in total. The van der Waals surface area contributed by atoms with Crippen LogP contribution >= 0.6 is 0 Å². The van der Waals surface area contributed by atoms with Crippen molar-refractivity contribution < 1.29 is 19.3 Å². The van der Waals surface area contributed by atoms with E-state index in [2.05, 4.69) is 31.1 Å². The Hall–Kier alpha value is -4.08. The maximum absolute atomic E-state index is 13.1. The normalized spacial score (nSPS) is 15.1. The molecule has 0 bridgehead atoms. The molecule has 0 spiro atoms. The lowest BCUT2D eigenvalue weighted by atomic mass is 9.93. The number of aromatic nitrogens is 1. The van der Waals surface area contributed by atoms with Gasteiger partial charge in [0, 0.05) is 24.5 Å². The number of urea groups is 1. The topological polar surface area (TPSA) is 126 Å². The Morgan fingerprint density at radius 1 is 1.11 bits per heavy atom. The summed E-state index contributed by atoms with van der Waals surface area (Å²) in [6, 6.07) is 7.86. The molecular formula is C26H31N5O5. The smallest absolute Gasteiger partial charge is 0.337 e. The third-order valence-electron chi connectivity index (χ3n) is 5.82. The van der Waals surface area contributed by atoms with Crippen LogP contribution in [0.25, 0.3) is 0 Å². The van der Waals surface area contributed by atoms with Crippen LogP contribution in [0.5, 0.6) is 0 Å². The van der Waals surface area contributed by atoms with Crippen molar-refractivity contribution in [1.29, 1.82) is 0 Å². The standard InChI is InChI=1S/C26H31N5O5/c1-17(2)14-18(3)15-19(4)28-24(32)20-10-11-23(27-16-20)29-12-7-13-30(26(29)34)25(33)21-8-5-6-9-22(21)31(35)36/h5-12,16-19H,13-15H2,1-4H3,(H,28,32). The number of nitrogens with one attached hydrogen (secondary N) is 1. The van der Waals surface area contributed by atoms with Crippen LogP contribution in [0.1, 0.15) is 61.3 Å². The van der Waals surface area contributed by atoms with Crippen molar-refractivity contribution in [3.8, 4) is 0 Å². The predicted molar refractivity (Wildman–Crippen MR) is 136 cm³/mol. The number of nitro groups is 1. The van der Waals surface area contributed by atoms with E-state index >= 15 is 0 Å². The Bertz CT molecular complexity index is 1160. The summed E-state index contributed by atoms with van der Waals surface area (Å²) in [6.07, 6.45) is 6.39. The molecule has 2 heterocycles. The summed E-state index contributed by atoms with van der Waals surface area (Å²) >= 11 is 0. The van der Waals surface area contributed by atoms with E-state index in [1.807, 2.05) is 6.92 Å². The van der Waals surface area contributed by atoms with Gasteiger partial charge in [-0.05, 0) is 55.9 Å². The minimum absolute atomic E-state index is 0.000791. The Kier molecular flexibility index (Phi) is 8.52. The number of para-hydroxylation sites is 1. The van der Waals surface area contributed by atoms with E-state index in [0.717, 1.165) is 22.6 Å². The monoisotopic (exact) mass is 493 g/mol. The van der Waals surface area contributed by atoms with Gasteiger partial charge in [0.25, 0.3) is 17.5 Å². The molecular weight excluding hydrogens is 462 g/mol. The summed E-state index contributed by atoms with van der Waals surface area (Å²) in [5.41, 5.74) is -0.205. The highest BCUT2D eigenvalue weighted by molar-refractivity contribution is 6.11. The summed E-state index contributed by atoms with van der Waals surface area (Å²) in [5, 5.41) is 14.3. The number of pyridine rings is 1. The van der Waals surface area contributed by atoms with Crippen molar-refractivity contribution in [2.24, 2.45) is 11.8 Å². The molecule has 3 rings (SSSR count). The maximum Gasteiger partial charge on any atom is 0.337 e. The molecule has 2 aromatic rings. The molecule has 2 atom stereocenters. The van der Waals surface area contributed by atoms with Crippen LogP contribution in [0.15, 0.2) is 54.9 Å². The van der Waals surface area contributed by atoms with E-state index in [0.29, 0.717) is 17.4 Å². The van der Waals surface area contributed by atoms with Gasteiger partial charge in [-0.3, -0.25) is 29.5 Å². The Morgan fingerprint density at radius 2 is 1.83 bits per heavy atom. The Morgan fingerprint density at radius 3 is 2.47 bits per heavy atom. The first kappa shape index (κ1) is 26.5. The summed E-state index contributed by atoms with van der Waals surface area (Å²) in [4.78, 5) is 55.6. The minimum Gasteiger partial charge on any atom is -0.350 e. The molecule has 1 aliphatic rings. The van der Waals surface area contributed by atoms with E-state index in [9.17, 15) is 24.5 Å². The molecule has 0 aliphatic carbocycles. The second-order valence-electron chi connectivity index (χ2n) is 9.48. The summed E-state index contributed by atoms with van der Waals surface area (Å²) in [5.74, 6) is 0.262. The van der Waals surface area contributed by atoms with Gasteiger partial charge in [-0.1, -0.05) is 32.9 Å². The first-order valence-electron chi connectivity index (χ1n) is 11.9. The fraction of sp³-hybridized carbons (Fsp3) is 0.385. The molecule has 36 heavy (non-hydrogen) atoms. The molecule has 4 amide bonds. The number of imide groups is 1. The molecule has 1 N–H and O–H groups in total. The number of rotatable bonds is 9. The van der Waals surface area contributed by atoms with Crippen LogP contribution in [0.4, 0.5) is 16.3 Å². The van der Waals surface area contributed by atoms with E-state index in [-0.39, 0.29) is 35.6 Å². The maximum atomic E-state index is 13.1. The zero-order valence-corrected chi connectivity index (χ0v) is 20.9. The molecule has 190 valence electrons. The average Bonchev–Trinajstić information content (AvgIpc) is 2.83. The van der Waals surface area contributed by atoms with Crippen molar-refractivity contribution in [2.45, 2.75) is 46.6 Å². The number of hydrogen-bond acceptors (Lipinski definition) is 6. The summed E-state index contributed by atoms with van der Waals surface area (Å²) in [6.45, 7) is 8.46. The van der Waals surface area contributed by atoms with Gasteiger partial charge in [-0.25, -0.2) is 9.78 Å². The molecule has 10 heteroatoms. The van der Waals surface area contributed by atoms with Crippen molar-refractivity contribution in [3.63, 3.8) is 0 Å². The van der Waals surface area contributed by atoms with Crippen LogP contribution in [-0.4, -0.2) is 45.2 Å². The van der Waals surface area contributed by atoms with Crippen LogP contribution in [-0.2, 0) is 0 Å². The predicted octanol–water partition coefficient (Wildman–Crippen LogP) is 4.78. The molecule has 0 saturated heterocycles. The van der Waals surface area contributed by atoms with Crippen LogP contribution in [0.2, 0.25) is 0 Å². The molecule has 0 fully saturated rings. The lowest BCUT2D eigenvalue weighted by Gasteiger charge is -2.29. The highest BCUT2D eigenvalue weighted by atomic mass is 16.6. The molecule has 0 saturated carbocycles. The number of hydrogen-bond donors (Lipinski definition) is 1. The van der Waals surface area contributed by atoms with Crippen molar-refractivity contribution >= 4 is 29.4 Å². The molecule has 0 radical (unpaired) electrons. The fourth-order valence-electron chi connectivity index (χ4n) is 4.37. The second-order valence-corrected chi connectivity index (χ2v) is 9.48. The number of amides is 4. The zero-order valence-electron chi connectivity index (χ0n) is 20.9. The van der Waals surface area contributed by atoms with Crippen molar-refractivity contribution in [2.75, 3.05) is 11.4 Å². The largest absolute Gasteiger partial charge is 0.350 e. The highest BCUT2D eigenvalue weighted by Gasteiger charge is 2.33. The molecule has 1 aromatic carbocycles. The van der Waals surface area contributed by atoms with E-state index in [1.165, 1.54) is 42.7 Å². The first-order valence-corrected chi connectivity index (χ1v) is 11.9. The van der Waals surface area contributed by atoms with Crippen molar-refractivity contribution in [1.82, 2.24) is 15.2 Å². The third kappa shape index (κ3) is 6.32. The summed E-state index contributed by atoms with van der Waals surface area (Å²) in [7, 11) is 0. The number of carbonyl (C=O) groups excluding carboxylic acids is 3. The second kappa shape index (κ2) is 11.6. The summed E-state index contributed by atoms with van der Waals surface area (Å²) < 4.78 is 0. The van der Waals surface area contributed by atoms with Gasteiger partial charge in [0.1, 0.15) is 11.4 Å². The van der Waals surface area contributed by atoms with Crippen LogP contribution in [0, 0.1) is 22.0 Å². The fourth-order valence-corrected chi connectivity index (χ4v) is 4.37. The highest BCUT2D eigenvalue weighted by Crippen LogP contribution is 2.23. The lowest BCUT2D eigenvalue weighted by molar-refractivity contribution is -0.385. The number of nitrogens with zero attached hydrogens (tertiary/aromatic N) is 4. The van der Waals surface area contributed by atoms with E-state index in [1.54, 1.807) is 12.1 Å². The van der Waals surface area contributed by atoms with Gasteiger partial charge in [-0.15, -0.1) is 0 Å². The van der Waals surface area contributed by atoms with Crippen LogP contribution in [0.3, 0.4) is 0 Å². The number of nitro benzene ring substituents is 1. The van der Waals surface area contributed by atoms with Gasteiger partial charge in [0.05, 0.1) is 17.0 Å². The van der Waals surface area contributed by atoms with Crippen LogP contribution < -0.4 is 10.2 Å². The van der Waals surface area contributed by atoms with E-state index in [4.69, 9.17) is 0 Å². The number of benzene rings is 1. The minimum atomic E-state index is -0.779. The Balaban J connectivity index is 1.69. The molecule has 1 aromatic heterocycles. The van der Waals surface area contributed by atoms with Gasteiger partial charge < -0.3 is 5.32 Å². The first-order chi connectivity index (χ1) is 17.1.